The van der Waals surface area contributed by atoms with Gasteiger partial charge in [0.25, 0.3) is 5.91 Å². The van der Waals surface area contributed by atoms with Gasteiger partial charge in [-0.1, -0.05) is 11.6 Å². The average Bonchev–Trinajstić information content (AvgIpc) is 2.53. The third-order valence-corrected chi connectivity index (χ3v) is 2.44. The Hall–Kier alpha value is -1.10. The predicted molar refractivity (Wildman–Crippen MR) is 55.3 cm³/mol. The first-order chi connectivity index (χ1) is 6.65. The van der Waals surface area contributed by atoms with Gasteiger partial charge in [0.1, 0.15) is 11.5 Å². The molecule has 1 rings (SSSR count). The summed E-state index contributed by atoms with van der Waals surface area (Å²) in [5.74, 6) is 0.512. The maximum atomic E-state index is 11.5. The number of nitrogens with one attached hydrogen (secondary N) is 3. The van der Waals surface area contributed by atoms with Crippen molar-refractivity contribution in [2.45, 2.75) is 12.5 Å². The molecule has 1 amide bonds. The molecule has 0 aliphatic carbocycles. The lowest BCUT2D eigenvalue weighted by Crippen LogP contribution is -2.36. The molecule has 1 unspecified atom stereocenters. The fourth-order valence-electron chi connectivity index (χ4n) is 1.39. The van der Waals surface area contributed by atoms with E-state index in [2.05, 4.69) is 16.0 Å². The Kier molecular flexibility index (Phi) is 3.46. The van der Waals surface area contributed by atoms with E-state index < -0.39 is 0 Å². The van der Waals surface area contributed by atoms with Crippen molar-refractivity contribution in [1.82, 2.24) is 20.9 Å². The van der Waals surface area contributed by atoms with Crippen LogP contribution in [0.25, 0.3) is 0 Å². The van der Waals surface area contributed by atoms with Gasteiger partial charge in [0.2, 0.25) is 0 Å². The van der Waals surface area contributed by atoms with Crippen molar-refractivity contribution in [3.05, 3.63) is 11.5 Å². The van der Waals surface area contributed by atoms with Crippen LogP contribution in [0.5, 0.6) is 0 Å². The molecule has 5 nitrogen and oxygen atoms in total. The highest BCUT2D eigenvalue weighted by Gasteiger charge is 2.32. The van der Waals surface area contributed by atoms with Crippen molar-refractivity contribution in [1.29, 1.82) is 0 Å². The van der Waals surface area contributed by atoms with Crippen LogP contribution in [0.4, 0.5) is 0 Å². The number of likely N-dealkylation sites (N-methyl/N-ethyl adjacent to an activating group) is 2. The molecule has 0 saturated heterocycles. The molecule has 6 heteroatoms. The van der Waals surface area contributed by atoms with Crippen LogP contribution in [0.2, 0.25) is 0 Å². The number of halogens is 1. The Morgan fingerprint density at radius 3 is 2.71 bits per heavy atom. The average molecular weight is 219 g/mol. The number of alkyl halides is 1. The molecule has 1 atom stereocenters. The molecule has 0 aromatic heterocycles. The third kappa shape index (κ3) is 1.72. The Bertz CT molecular complexity index is 266. The van der Waals surface area contributed by atoms with Crippen LogP contribution in [-0.2, 0) is 4.79 Å². The van der Waals surface area contributed by atoms with E-state index in [1.54, 1.807) is 19.0 Å². The number of rotatable bonds is 3. The fourth-order valence-corrected chi connectivity index (χ4v) is 1.74. The van der Waals surface area contributed by atoms with E-state index >= 15 is 0 Å². The molecule has 80 valence electrons. The lowest BCUT2D eigenvalue weighted by Gasteiger charge is -2.21. The Labute approximate surface area is 88.5 Å². The van der Waals surface area contributed by atoms with Gasteiger partial charge >= 0.3 is 0 Å². The summed E-state index contributed by atoms with van der Waals surface area (Å²) in [6.45, 7) is 2.62. The predicted octanol–water partition coefficient (Wildman–Crippen LogP) is -0.432. The van der Waals surface area contributed by atoms with Gasteiger partial charge in [-0.3, -0.25) is 4.79 Å². The summed E-state index contributed by atoms with van der Waals surface area (Å²) in [5, 5.41) is 8.45. The second-order valence-corrected chi connectivity index (χ2v) is 3.23. The summed E-state index contributed by atoms with van der Waals surface area (Å²) in [7, 11) is 3.34. The summed E-state index contributed by atoms with van der Waals surface area (Å²) < 4.78 is 0. The number of hydrogen-bond donors (Lipinski definition) is 3. The smallest absolute Gasteiger partial charge is 0.271 e. The lowest BCUT2D eigenvalue weighted by molar-refractivity contribution is -0.118. The monoisotopic (exact) mass is 218 g/mol. The third-order valence-electron chi connectivity index (χ3n) is 2.09. The largest absolute Gasteiger partial charge is 0.373 e. The van der Waals surface area contributed by atoms with Gasteiger partial charge in [0.15, 0.2) is 5.62 Å². The molecule has 0 fully saturated rings. The highest BCUT2D eigenvalue weighted by atomic mass is 35.5. The first kappa shape index (κ1) is 11.0. The van der Waals surface area contributed by atoms with Crippen molar-refractivity contribution in [2.24, 2.45) is 0 Å². The Morgan fingerprint density at radius 2 is 2.29 bits per heavy atom. The van der Waals surface area contributed by atoms with Crippen molar-refractivity contribution in [3.63, 3.8) is 0 Å². The Balaban J connectivity index is 2.97. The summed E-state index contributed by atoms with van der Waals surface area (Å²) in [5.41, 5.74) is 0.187. The lowest BCUT2D eigenvalue weighted by atomic mass is 10.3. The summed E-state index contributed by atoms with van der Waals surface area (Å²) in [6.07, 6.45) is 0. The molecule has 0 aromatic carbocycles. The fraction of sp³-hybridized carbons (Fsp3) is 0.625. The van der Waals surface area contributed by atoms with E-state index in [4.69, 9.17) is 11.6 Å². The zero-order valence-corrected chi connectivity index (χ0v) is 9.27. The zero-order chi connectivity index (χ0) is 10.7. The van der Waals surface area contributed by atoms with Crippen molar-refractivity contribution in [3.8, 4) is 0 Å². The van der Waals surface area contributed by atoms with E-state index in [1.807, 2.05) is 6.92 Å². The van der Waals surface area contributed by atoms with Crippen LogP contribution >= 0.6 is 11.6 Å². The molecule has 1 aliphatic heterocycles. The SMILES string of the molecule is CCN1C(C(=O)NC)=C(NC)NC1Cl. The number of amides is 1. The molecular weight excluding hydrogens is 204 g/mol. The van der Waals surface area contributed by atoms with E-state index in [1.165, 1.54) is 0 Å². The summed E-state index contributed by atoms with van der Waals surface area (Å²) >= 11 is 6.00. The topological polar surface area (TPSA) is 56.4 Å². The van der Waals surface area contributed by atoms with Crippen LogP contribution in [0.15, 0.2) is 11.5 Å². The minimum absolute atomic E-state index is 0.146. The molecule has 0 aromatic rings. The Morgan fingerprint density at radius 1 is 1.64 bits per heavy atom. The van der Waals surface area contributed by atoms with Gasteiger partial charge in [-0.15, -0.1) is 0 Å². The molecule has 0 radical (unpaired) electrons. The molecule has 3 N–H and O–H groups in total. The van der Waals surface area contributed by atoms with Crippen molar-refractivity contribution >= 4 is 17.5 Å². The maximum Gasteiger partial charge on any atom is 0.271 e. The first-order valence-electron chi connectivity index (χ1n) is 4.47. The van der Waals surface area contributed by atoms with Crippen LogP contribution in [0.1, 0.15) is 6.92 Å². The number of nitrogens with zero attached hydrogens (tertiary/aromatic N) is 1. The molecule has 14 heavy (non-hydrogen) atoms. The summed E-state index contributed by atoms with van der Waals surface area (Å²) in [4.78, 5) is 13.3. The van der Waals surface area contributed by atoms with Crippen LogP contribution in [-0.4, -0.2) is 37.1 Å². The van der Waals surface area contributed by atoms with E-state index in [0.29, 0.717) is 18.1 Å². The molecule has 0 spiro atoms. The van der Waals surface area contributed by atoms with Crippen LogP contribution in [0, 0.1) is 0 Å². The molecule has 0 bridgehead atoms. The second kappa shape index (κ2) is 4.41. The van der Waals surface area contributed by atoms with Gasteiger partial charge in [0, 0.05) is 20.6 Å². The maximum absolute atomic E-state index is 11.5. The highest BCUT2D eigenvalue weighted by molar-refractivity contribution is 6.21. The first-order valence-corrected chi connectivity index (χ1v) is 4.90. The summed E-state index contributed by atoms with van der Waals surface area (Å²) in [6, 6.07) is 0. The molecule has 0 saturated carbocycles. The quantitative estimate of drug-likeness (QED) is 0.445. The minimum Gasteiger partial charge on any atom is -0.373 e. The van der Waals surface area contributed by atoms with Gasteiger partial charge in [-0.25, -0.2) is 0 Å². The molecule has 1 aliphatic rings. The highest BCUT2D eigenvalue weighted by Crippen LogP contribution is 2.20. The van der Waals surface area contributed by atoms with Crippen molar-refractivity contribution < 1.29 is 4.79 Å². The number of hydrogen-bond acceptors (Lipinski definition) is 4. The second-order valence-electron chi connectivity index (χ2n) is 2.82. The van der Waals surface area contributed by atoms with E-state index in [9.17, 15) is 4.79 Å². The van der Waals surface area contributed by atoms with Gasteiger partial charge in [0.05, 0.1) is 0 Å². The van der Waals surface area contributed by atoms with Gasteiger partial charge in [-0.05, 0) is 6.92 Å². The van der Waals surface area contributed by atoms with Crippen molar-refractivity contribution in [2.75, 3.05) is 20.6 Å². The van der Waals surface area contributed by atoms with Crippen LogP contribution in [0.3, 0.4) is 0 Å². The van der Waals surface area contributed by atoms with E-state index in [0.717, 1.165) is 0 Å². The van der Waals surface area contributed by atoms with E-state index in [-0.39, 0.29) is 11.5 Å². The number of carbonyl (C=O) groups excluding carboxylic acids is 1. The normalized spacial score (nSPS) is 20.9. The molecular formula is C8H15ClN4O. The zero-order valence-electron chi connectivity index (χ0n) is 8.52. The minimum atomic E-state index is -0.366. The molecule has 1 heterocycles. The van der Waals surface area contributed by atoms with Gasteiger partial charge in [-0.2, -0.15) is 0 Å². The van der Waals surface area contributed by atoms with Gasteiger partial charge < -0.3 is 20.9 Å². The standard InChI is InChI=1S/C8H15ClN4O/c1-4-13-5(7(14)11-3)6(10-2)12-8(13)9/h8,10,12H,4H2,1-3H3,(H,11,14). The number of carbonyl (C=O) groups is 1. The van der Waals surface area contributed by atoms with Crippen LogP contribution < -0.4 is 16.0 Å².